The summed E-state index contributed by atoms with van der Waals surface area (Å²) in [6, 6.07) is 14.2. The number of anilines is 1. The molecule has 0 unspecified atom stereocenters. The van der Waals surface area contributed by atoms with Gasteiger partial charge in [-0.2, -0.15) is 5.26 Å². The molecule has 0 aliphatic rings. The van der Waals surface area contributed by atoms with Crippen molar-refractivity contribution in [1.29, 1.82) is 5.26 Å². The highest BCUT2D eigenvalue weighted by molar-refractivity contribution is 6.05. The first-order valence-electron chi connectivity index (χ1n) is 7.04. The molecule has 0 spiro atoms. The van der Waals surface area contributed by atoms with Crippen LogP contribution in [0.15, 0.2) is 57.7 Å². The molecule has 6 heteroatoms. The van der Waals surface area contributed by atoms with Crippen molar-refractivity contribution in [3.63, 3.8) is 0 Å². The number of ether oxygens (including phenoxy) is 1. The van der Waals surface area contributed by atoms with Crippen LogP contribution in [0, 0.1) is 11.3 Å². The summed E-state index contributed by atoms with van der Waals surface area (Å²) in [5.74, 6) is 0.292. The second kappa shape index (κ2) is 6.26. The third kappa shape index (κ3) is 2.96. The Labute approximate surface area is 136 Å². The van der Waals surface area contributed by atoms with Gasteiger partial charge in [-0.15, -0.1) is 0 Å². The number of nitriles is 1. The molecule has 1 aromatic heterocycles. The summed E-state index contributed by atoms with van der Waals surface area (Å²) in [6.07, 6.45) is 0. The van der Waals surface area contributed by atoms with E-state index in [0.717, 1.165) is 6.07 Å². The molecule has 0 atom stereocenters. The van der Waals surface area contributed by atoms with Crippen molar-refractivity contribution in [3.05, 3.63) is 70.1 Å². The highest BCUT2D eigenvalue weighted by Crippen LogP contribution is 2.19. The first-order valence-corrected chi connectivity index (χ1v) is 7.04. The van der Waals surface area contributed by atoms with Crippen molar-refractivity contribution in [3.8, 4) is 11.8 Å². The molecule has 0 fully saturated rings. The number of amides is 1. The number of benzene rings is 2. The van der Waals surface area contributed by atoms with Gasteiger partial charge in [-0.05, 0) is 42.5 Å². The SMILES string of the molecule is COc1ccc(C(=O)Nc2ccc3oc(C#N)cc(=O)c3c2)cc1. The van der Waals surface area contributed by atoms with E-state index in [4.69, 9.17) is 14.4 Å². The topological polar surface area (TPSA) is 92.3 Å². The minimum absolute atomic E-state index is 0.0532. The summed E-state index contributed by atoms with van der Waals surface area (Å²) < 4.78 is 10.3. The molecule has 3 rings (SSSR count). The fourth-order valence-corrected chi connectivity index (χ4v) is 2.23. The second-order valence-corrected chi connectivity index (χ2v) is 4.98. The van der Waals surface area contributed by atoms with Gasteiger partial charge in [-0.1, -0.05) is 0 Å². The molecule has 0 saturated heterocycles. The van der Waals surface area contributed by atoms with Crippen LogP contribution in [0.25, 0.3) is 11.0 Å². The van der Waals surface area contributed by atoms with Crippen molar-refractivity contribution in [2.75, 3.05) is 12.4 Å². The summed E-state index contributed by atoms with van der Waals surface area (Å²) in [6.45, 7) is 0. The highest BCUT2D eigenvalue weighted by atomic mass is 16.5. The van der Waals surface area contributed by atoms with Crippen molar-refractivity contribution in [2.45, 2.75) is 0 Å². The molecular formula is C18H12N2O4. The van der Waals surface area contributed by atoms with E-state index in [2.05, 4.69) is 5.32 Å². The zero-order chi connectivity index (χ0) is 17.1. The van der Waals surface area contributed by atoms with Crippen LogP contribution >= 0.6 is 0 Å². The molecule has 0 aliphatic carbocycles. The van der Waals surface area contributed by atoms with E-state index in [1.807, 2.05) is 0 Å². The zero-order valence-corrected chi connectivity index (χ0v) is 12.7. The van der Waals surface area contributed by atoms with Crippen LogP contribution in [0.2, 0.25) is 0 Å². The third-order valence-corrected chi connectivity index (χ3v) is 3.45. The molecule has 0 saturated carbocycles. The first kappa shape index (κ1) is 15.3. The number of carbonyl (C=O) groups excluding carboxylic acids is 1. The predicted molar refractivity (Wildman–Crippen MR) is 88.1 cm³/mol. The molecule has 24 heavy (non-hydrogen) atoms. The second-order valence-electron chi connectivity index (χ2n) is 4.98. The molecule has 0 bridgehead atoms. The number of carbonyl (C=O) groups is 1. The van der Waals surface area contributed by atoms with Crippen LogP contribution in [0.3, 0.4) is 0 Å². The van der Waals surface area contributed by atoms with Gasteiger partial charge in [0.1, 0.15) is 17.4 Å². The van der Waals surface area contributed by atoms with E-state index in [1.165, 1.54) is 6.07 Å². The first-order chi connectivity index (χ1) is 11.6. The number of nitrogens with one attached hydrogen (secondary N) is 1. The van der Waals surface area contributed by atoms with Crippen LogP contribution in [-0.2, 0) is 0 Å². The van der Waals surface area contributed by atoms with Gasteiger partial charge in [0.2, 0.25) is 5.76 Å². The van der Waals surface area contributed by atoms with E-state index in [-0.39, 0.29) is 17.1 Å². The van der Waals surface area contributed by atoms with E-state index < -0.39 is 0 Å². The Bertz CT molecular complexity index is 1010. The lowest BCUT2D eigenvalue weighted by Crippen LogP contribution is -2.12. The maximum atomic E-state index is 12.2. The van der Waals surface area contributed by atoms with Crippen molar-refractivity contribution >= 4 is 22.6 Å². The van der Waals surface area contributed by atoms with Crippen molar-refractivity contribution in [2.24, 2.45) is 0 Å². The molecule has 0 aliphatic heterocycles. The lowest BCUT2D eigenvalue weighted by atomic mass is 10.1. The van der Waals surface area contributed by atoms with Gasteiger partial charge in [0.25, 0.3) is 5.91 Å². The van der Waals surface area contributed by atoms with Crippen LogP contribution in [-0.4, -0.2) is 13.0 Å². The molecule has 1 N–H and O–H groups in total. The largest absolute Gasteiger partial charge is 0.497 e. The quantitative estimate of drug-likeness (QED) is 0.801. The van der Waals surface area contributed by atoms with Crippen LogP contribution in [0.5, 0.6) is 5.75 Å². The molecule has 118 valence electrons. The Kier molecular flexibility index (Phi) is 4.00. The van der Waals surface area contributed by atoms with E-state index in [1.54, 1.807) is 49.6 Å². The summed E-state index contributed by atoms with van der Waals surface area (Å²) in [7, 11) is 1.55. The van der Waals surface area contributed by atoms with Gasteiger partial charge in [-0.25, -0.2) is 0 Å². The average Bonchev–Trinajstić information content (AvgIpc) is 2.62. The van der Waals surface area contributed by atoms with Gasteiger partial charge in [-0.3, -0.25) is 9.59 Å². The maximum Gasteiger partial charge on any atom is 0.255 e. The molecule has 1 heterocycles. The molecular weight excluding hydrogens is 308 g/mol. The number of rotatable bonds is 3. The van der Waals surface area contributed by atoms with Gasteiger partial charge < -0.3 is 14.5 Å². The number of methoxy groups -OCH3 is 1. The Morgan fingerprint density at radius 3 is 2.58 bits per heavy atom. The maximum absolute atomic E-state index is 12.2. The fraction of sp³-hybridized carbons (Fsp3) is 0.0556. The van der Waals surface area contributed by atoms with Gasteiger partial charge in [0.05, 0.1) is 12.5 Å². The van der Waals surface area contributed by atoms with Crippen LogP contribution < -0.4 is 15.5 Å². The fourth-order valence-electron chi connectivity index (χ4n) is 2.23. The Morgan fingerprint density at radius 2 is 1.92 bits per heavy atom. The zero-order valence-electron chi connectivity index (χ0n) is 12.7. The number of hydrogen-bond acceptors (Lipinski definition) is 5. The average molecular weight is 320 g/mol. The molecule has 3 aromatic rings. The minimum Gasteiger partial charge on any atom is -0.497 e. The Hall–Kier alpha value is -3.59. The van der Waals surface area contributed by atoms with Crippen molar-refractivity contribution < 1.29 is 13.9 Å². The molecule has 1 amide bonds. The lowest BCUT2D eigenvalue weighted by Gasteiger charge is -2.07. The summed E-state index contributed by atoms with van der Waals surface area (Å²) in [5, 5.41) is 11.8. The monoisotopic (exact) mass is 320 g/mol. The molecule has 2 aromatic carbocycles. The van der Waals surface area contributed by atoms with Crippen LogP contribution in [0.1, 0.15) is 16.1 Å². The predicted octanol–water partition coefficient (Wildman–Crippen LogP) is 2.93. The smallest absolute Gasteiger partial charge is 0.255 e. The van der Waals surface area contributed by atoms with Gasteiger partial charge >= 0.3 is 0 Å². The summed E-state index contributed by atoms with van der Waals surface area (Å²) >= 11 is 0. The van der Waals surface area contributed by atoms with Crippen molar-refractivity contribution in [1.82, 2.24) is 0 Å². The van der Waals surface area contributed by atoms with E-state index in [9.17, 15) is 9.59 Å². The minimum atomic E-state index is -0.339. The lowest BCUT2D eigenvalue weighted by molar-refractivity contribution is 0.102. The summed E-state index contributed by atoms with van der Waals surface area (Å²) in [5.41, 5.74) is 0.873. The van der Waals surface area contributed by atoms with Gasteiger partial charge in [0.15, 0.2) is 5.43 Å². The van der Waals surface area contributed by atoms with E-state index >= 15 is 0 Å². The van der Waals surface area contributed by atoms with Gasteiger partial charge in [0, 0.05) is 17.3 Å². The normalized spacial score (nSPS) is 10.2. The molecule has 6 nitrogen and oxygen atoms in total. The number of hydrogen-bond donors (Lipinski definition) is 1. The highest BCUT2D eigenvalue weighted by Gasteiger charge is 2.09. The number of nitrogens with zero attached hydrogens (tertiary/aromatic N) is 1. The Balaban J connectivity index is 1.89. The third-order valence-electron chi connectivity index (χ3n) is 3.45. The number of fused-ring (bicyclic) bond motifs is 1. The summed E-state index contributed by atoms with van der Waals surface area (Å²) in [4.78, 5) is 24.2. The van der Waals surface area contributed by atoms with Crippen LogP contribution in [0.4, 0.5) is 5.69 Å². The molecule has 0 radical (unpaired) electrons. The van der Waals surface area contributed by atoms with E-state index in [0.29, 0.717) is 28.0 Å². The standard InChI is InChI=1S/C18H12N2O4/c1-23-13-5-2-11(3-6-13)18(22)20-12-4-7-17-15(8-12)16(21)9-14(10-19)24-17/h2-9H,1H3,(H,20,22). The Morgan fingerprint density at radius 1 is 1.17 bits per heavy atom.